The van der Waals surface area contributed by atoms with Crippen LogP contribution >= 0.6 is 23.2 Å². The number of halogens is 3. The zero-order valence-electron chi connectivity index (χ0n) is 12.3. The lowest BCUT2D eigenvalue weighted by molar-refractivity contribution is 0.101. The van der Waals surface area contributed by atoms with Crippen LogP contribution in [0.5, 0.6) is 0 Å². The molecule has 3 aromatic rings. The molecular weight excluding hydrogens is 352 g/mol. The standard InChI is InChI=1S/C17H12Cl2FN3O/c18-11-7-4-8-12(14(11)20)22-17(24)16-21-13(15(19)23-16)9-10-5-2-1-3-6-10/h1-8H,9H2,(H,21,23)(H,22,24). The summed E-state index contributed by atoms with van der Waals surface area (Å²) in [5, 5.41) is 2.62. The van der Waals surface area contributed by atoms with Crippen molar-refractivity contribution in [2.45, 2.75) is 6.42 Å². The Labute approximate surface area is 147 Å². The molecular formula is C17H12Cl2FN3O. The molecule has 2 N–H and O–H groups in total. The van der Waals surface area contributed by atoms with Crippen molar-refractivity contribution in [3.63, 3.8) is 0 Å². The molecule has 0 fully saturated rings. The fourth-order valence-electron chi connectivity index (χ4n) is 2.18. The average molecular weight is 364 g/mol. The number of hydrogen-bond acceptors (Lipinski definition) is 2. The van der Waals surface area contributed by atoms with Crippen molar-refractivity contribution in [1.82, 2.24) is 9.97 Å². The summed E-state index contributed by atoms with van der Waals surface area (Å²) >= 11 is 11.8. The third-order valence-electron chi connectivity index (χ3n) is 3.36. The van der Waals surface area contributed by atoms with Gasteiger partial charge in [0, 0.05) is 6.42 Å². The molecule has 0 atom stereocenters. The van der Waals surface area contributed by atoms with Gasteiger partial charge in [-0.2, -0.15) is 0 Å². The van der Waals surface area contributed by atoms with Crippen LogP contribution in [-0.4, -0.2) is 15.9 Å². The zero-order chi connectivity index (χ0) is 17.1. The van der Waals surface area contributed by atoms with E-state index >= 15 is 0 Å². The van der Waals surface area contributed by atoms with Crippen molar-refractivity contribution in [2.24, 2.45) is 0 Å². The Bertz CT molecular complexity index is 881. The predicted octanol–water partition coefficient (Wildman–Crippen LogP) is 4.70. The summed E-state index contributed by atoms with van der Waals surface area (Å²) in [6.07, 6.45) is 0.481. The van der Waals surface area contributed by atoms with E-state index < -0.39 is 11.7 Å². The molecule has 0 aliphatic carbocycles. The third kappa shape index (κ3) is 3.58. The lowest BCUT2D eigenvalue weighted by atomic mass is 10.1. The van der Waals surface area contributed by atoms with Gasteiger partial charge in [-0.25, -0.2) is 9.37 Å². The summed E-state index contributed by atoms with van der Waals surface area (Å²) in [5.74, 6) is -1.29. The van der Waals surface area contributed by atoms with Crippen LogP contribution in [0.4, 0.5) is 10.1 Å². The minimum absolute atomic E-state index is 0.00491. The molecule has 0 radical (unpaired) electrons. The quantitative estimate of drug-likeness (QED) is 0.705. The van der Waals surface area contributed by atoms with E-state index in [2.05, 4.69) is 15.3 Å². The van der Waals surface area contributed by atoms with Crippen molar-refractivity contribution in [3.05, 3.63) is 81.6 Å². The Hall–Kier alpha value is -2.37. The molecule has 0 unspecified atom stereocenters. The van der Waals surface area contributed by atoms with Crippen LogP contribution in [0, 0.1) is 5.82 Å². The van der Waals surface area contributed by atoms with Gasteiger partial charge in [-0.05, 0) is 17.7 Å². The Morgan fingerprint density at radius 1 is 1.12 bits per heavy atom. The van der Waals surface area contributed by atoms with Crippen LogP contribution in [0.3, 0.4) is 0 Å². The van der Waals surface area contributed by atoms with Gasteiger partial charge in [-0.3, -0.25) is 4.79 Å². The molecule has 24 heavy (non-hydrogen) atoms. The molecule has 7 heteroatoms. The predicted molar refractivity (Wildman–Crippen MR) is 92.2 cm³/mol. The Balaban J connectivity index is 1.79. The van der Waals surface area contributed by atoms with Gasteiger partial charge in [0.25, 0.3) is 5.91 Å². The van der Waals surface area contributed by atoms with E-state index in [0.29, 0.717) is 12.1 Å². The van der Waals surface area contributed by atoms with Gasteiger partial charge < -0.3 is 10.3 Å². The summed E-state index contributed by atoms with van der Waals surface area (Å²) in [6.45, 7) is 0. The lowest BCUT2D eigenvalue weighted by Crippen LogP contribution is -2.15. The minimum Gasteiger partial charge on any atom is -0.325 e. The zero-order valence-corrected chi connectivity index (χ0v) is 13.8. The first-order valence-electron chi connectivity index (χ1n) is 7.08. The molecule has 1 amide bonds. The van der Waals surface area contributed by atoms with Crippen molar-refractivity contribution < 1.29 is 9.18 Å². The number of benzene rings is 2. The first-order chi connectivity index (χ1) is 11.5. The van der Waals surface area contributed by atoms with Crippen molar-refractivity contribution >= 4 is 34.8 Å². The Kier molecular flexibility index (Phi) is 4.83. The van der Waals surface area contributed by atoms with Crippen LogP contribution in [0.25, 0.3) is 0 Å². The number of rotatable bonds is 4. The van der Waals surface area contributed by atoms with E-state index in [9.17, 15) is 9.18 Å². The highest BCUT2D eigenvalue weighted by atomic mass is 35.5. The highest BCUT2D eigenvalue weighted by molar-refractivity contribution is 6.31. The van der Waals surface area contributed by atoms with Crippen molar-refractivity contribution in [2.75, 3.05) is 5.32 Å². The number of hydrogen-bond donors (Lipinski definition) is 2. The molecule has 122 valence electrons. The van der Waals surface area contributed by atoms with Gasteiger partial charge in [0.15, 0.2) is 11.6 Å². The summed E-state index contributed by atoms with van der Waals surface area (Å²) in [4.78, 5) is 19.1. The van der Waals surface area contributed by atoms with Crippen LogP contribution in [0.15, 0.2) is 48.5 Å². The topological polar surface area (TPSA) is 57.8 Å². The first kappa shape index (κ1) is 16.5. The van der Waals surface area contributed by atoms with E-state index in [1.165, 1.54) is 18.2 Å². The molecule has 0 saturated heterocycles. The molecule has 0 aliphatic heterocycles. The summed E-state index contributed by atoms with van der Waals surface area (Å²) in [7, 11) is 0. The highest BCUT2D eigenvalue weighted by Crippen LogP contribution is 2.23. The number of carbonyl (C=O) groups is 1. The molecule has 2 aromatic carbocycles. The van der Waals surface area contributed by atoms with E-state index in [0.717, 1.165) is 5.56 Å². The maximum absolute atomic E-state index is 13.8. The number of carbonyl (C=O) groups excluding carboxylic acids is 1. The summed E-state index contributed by atoms with van der Waals surface area (Å²) in [6, 6.07) is 13.9. The molecule has 0 bridgehead atoms. The largest absolute Gasteiger partial charge is 0.325 e. The Morgan fingerprint density at radius 2 is 1.88 bits per heavy atom. The van der Waals surface area contributed by atoms with E-state index in [-0.39, 0.29) is 21.7 Å². The second kappa shape index (κ2) is 7.03. The summed E-state index contributed by atoms with van der Waals surface area (Å²) in [5.41, 5.74) is 1.53. The molecule has 4 nitrogen and oxygen atoms in total. The minimum atomic E-state index is -0.699. The van der Waals surface area contributed by atoms with Crippen LogP contribution < -0.4 is 5.32 Å². The van der Waals surface area contributed by atoms with Gasteiger partial charge in [-0.1, -0.05) is 59.6 Å². The second-order valence-corrected chi connectivity index (χ2v) is 5.85. The number of amides is 1. The SMILES string of the molecule is O=C(Nc1cccc(Cl)c1F)c1nc(Cc2ccccc2)c(Cl)[nH]1. The normalized spacial score (nSPS) is 10.6. The molecule has 0 spiro atoms. The second-order valence-electron chi connectivity index (χ2n) is 5.06. The van der Waals surface area contributed by atoms with E-state index in [1.807, 2.05) is 30.3 Å². The molecule has 0 aliphatic rings. The first-order valence-corrected chi connectivity index (χ1v) is 7.84. The van der Waals surface area contributed by atoms with Crippen LogP contribution in [-0.2, 0) is 6.42 Å². The van der Waals surface area contributed by atoms with Gasteiger partial charge in [0.1, 0.15) is 5.15 Å². The van der Waals surface area contributed by atoms with Crippen molar-refractivity contribution in [3.8, 4) is 0 Å². The number of aromatic nitrogens is 2. The lowest BCUT2D eigenvalue weighted by Gasteiger charge is -2.05. The smallest absolute Gasteiger partial charge is 0.291 e. The van der Waals surface area contributed by atoms with E-state index in [1.54, 1.807) is 0 Å². The van der Waals surface area contributed by atoms with Gasteiger partial charge in [-0.15, -0.1) is 0 Å². The monoisotopic (exact) mass is 363 g/mol. The molecule has 3 rings (SSSR count). The fraction of sp³-hybridized carbons (Fsp3) is 0.0588. The van der Waals surface area contributed by atoms with E-state index in [4.69, 9.17) is 23.2 Å². The van der Waals surface area contributed by atoms with Gasteiger partial charge in [0.2, 0.25) is 0 Å². The number of anilines is 1. The third-order valence-corrected chi connectivity index (χ3v) is 3.96. The number of nitrogens with one attached hydrogen (secondary N) is 2. The van der Waals surface area contributed by atoms with Gasteiger partial charge in [0.05, 0.1) is 16.4 Å². The summed E-state index contributed by atoms with van der Waals surface area (Å²) < 4.78 is 13.8. The number of imidazole rings is 1. The maximum Gasteiger partial charge on any atom is 0.291 e. The Morgan fingerprint density at radius 3 is 2.62 bits per heavy atom. The van der Waals surface area contributed by atoms with Crippen LogP contribution in [0.1, 0.15) is 21.9 Å². The van der Waals surface area contributed by atoms with Gasteiger partial charge >= 0.3 is 0 Å². The van der Waals surface area contributed by atoms with Crippen LogP contribution in [0.2, 0.25) is 10.2 Å². The number of aromatic amines is 1. The highest BCUT2D eigenvalue weighted by Gasteiger charge is 2.17. The molecule has 1 heterocycles. The molecule has 1 aromatic heterocycles. The number of H-pyrrole nitrogens is 1. The fourth-order valence-corrected chi connectivity index (χ4v) is 2.56. The maximum atomic E-state index is 13.8. The molecule has 0 saturated carbocycles. The number of nitrogens with zero attached hydrogens (tertiary/aromatic N) is 1. The average Bonchev–Trinajstić information content (AvgIpc) is 2.94. The van der Waals surface area contributed by atoms with Crippen molar-refractivity contribution in [1.29, 1.82) is 0 Å².